The van der Waals surface area contributed by atoms with Gasteiger partial charge in [0.15, 0.2) is 0 Å². The Balaban J connectivity index is 1.58. The van der Waals surface area contributed by atoms with E-state index in [2.05, 4.69) is 10.2 Å². The van der Waals surface area contributed by atoms with Crippen LogP contribution in [-0.2, 0) is 9.53 Å². The topological polar surface area (TPSA) is 58.6 Å². The van der Waals surface area contributed by atoms with Gasteiger partial charge in [0.25, 0.3) is 0 Å². The predicted molar refractivity (Wildman–Crippen MR) is 97.6 cm³/mol. The van der Waals surface area contributed by atoms with E-state index >= 15 is 0 Å². The number of amides is 1. The summed E-state index contributed by atoms with van der Waals surface area (Å²) in [5.41, 5.74) is 1.28. The van der Waals surface area contributed by atoms with Gasteiger partial charge in [0.05, 0.1) is 18.7 Å². The van der Waals surface area contributed by atoms with Crippen LogP contribution in [0.15, 0.2) is 24.3 Å². The Bertz CT molecular complexity index is 615. The van der Waals surface area contributed by atoms with Crippen LogP contribution in [-0.4, -0.2) is 42.5 Å². The van der Waals surface area contributed by atoms with Crippen molar-refractivity contribution in [1.82, 2.24) is 4.90 Å². The monoisotopic (exact) mass is 344 g/mol. The number of benzene rings is 1. The fourth-order valence-corrected chi connectivity index (χ4v) is 4.18. The zero-order valence-corrected chi connectivity index (χ0v) is 15.0. The van der Waals surface area contributed by atoms with Crippen molar-refractivity contribution >= 4 is 17.6 Å². The molecule has 2 aliphatic rings. The second kappa shape index (κ2) is 8.37. The summed E-state index contributed by atoms with van der Waals surface area (Å²) in [6, 6.07) is 7.57. The number of hydrogen-bond acceptors (Lipinski definition) is 4. The third-order valence-corrected chi connectivity index (χ3v) is 5.38. The summed E-state index contributed by atoms with van der Waals surface area (Å²) in [5.74, 6) is 0.523. The van der Waals surface area contributed by atoms with Crippen LogP contribution in [0.5, 0.6) is 0 Å². The van der Waals surface area contributed by atoms with E-state index < -0.39 is 0 Å². The van der Waals surface area contributed by atoms with Crippen molar-refractivity contribution in [3.8, 4) is 0 Å². The molecule has 1 saturated carbocycles. The fraction of sp³-hybridized carbons (Fsp3) is 0.600. The lowest BCUT2D eigenvalue weighted by Crippen LogP contribution is -2.51. The minimum absolute atomic E-state index is 0.165. The van der Waals surface area contributed by atoms with Gasteiger partial charge in [-0.3, -0.25) is 4.79 Å². The van der Waals surface area contributed by atoms with Crippen molar-refractivity contribution in [3.05, 3.63) is 29.8 Å². The summed E-state index contributed by atoms with van der Waals surface area (Å²) in [7, 11) is 0. The SMILES string of the molecule is CCOC(=O)c1cccc(NCC(=O)N2CCCC3CCCCC32)c1. The predicted octanol–water partition coefficient (Wildman–Crippen LogP) is 3.46. The highest BCUT2D eigenvalue weighted by molar-refractivity contribution is 5.90. The van der Waals surface area contributed by atoms with Gasteiger partial charge in [-0.05, 0) is 56.7 Å². The lowest BCUT2D eigenvalue weighted by atomic mass is 9.78. The Hall–Kier alpha value is -2.04. The highest BCUT2D eigenvalue weighted by Gasteiger charge is 2.35. The Morgan fingerprint density at radius 3 is 2.84 bits per heavy atom. The molecule has 1 heterocycles. The third-order valence-electron chi connectivity index (χ3n) is 5.38. The zero-order chi connectivity index (χ0) is 17.6. The molecule has 5 heteroatoms. The third kappa shape index (κ3) is 4.33. The number of fused-ring (bicyclic) bond motifs is 1. The first-order valence-electron chi connectivity index (χ1n) is 9.49. The van der Waals surface area contributed by atoms with Gasteiger partial charge in [-0.25, -0.2) is 4.79 Å². The van der Waals surface area contributed by atoms with Crippen molar-refractivity contribution in [2.75, 3.05) is 25.0 Å². The summed E-state index contributed by atoms with van der Waals surface area (Å²) in [5, 5.41) is 3.18. The second-order valence-electron chi connectivity index (χ2n) is 7.00. The number of nitrogens with zero attached hydrogens (tertiary/aromatic N) is 1. The van der Waals surface area contributed by atoms with Gasteiger partial charge in [-0.2, -0.15) is 0 Å². The molecule has 25 heavy (non-hydrogen) atoms. The Labute approximate surface area is 149 Å². The average Bonchev–Trinajstić information content (AvgIpc) is 2.66. The molecule has 136 valence electrons. The van der Waals surface area contributed by atoms with E-state index in [9.17, 15) is 9.59 Å². The van der Waals surface area contributed by atoms with Gasteiger partial charge in [0.1, 0.15) is 0 Å². The molecule has 1 saturated heterocycles. The van der Waals surface area contributed by atoms with Crippen LogP contribution in [0.3, 0.4) is 0 Å². The van der Waals surface area contributed by atoms with Gasteiger partial charge in [-0.1, -0.05) is 18.9 Å². The summed E-state index contributed by atoms with van der Waals surface area (Å²) < 4.78 is 5.02. The van der Waals surface area contributed by atoms with Crippen molar-refractivity contribution in [3.63, 3.8) is 0 Å². The molecular formula is C20H28N2O3. The maximum absolute atomic E-state index is 12.7. The standard InChI is InChI=1S/C20H28N2O3/c1-2-25-20(24)16-8-5-10-17(13-16)21-14-19(23)22-12-6-9-15-7-3-4-11-18(15)22/h5,8,10,13,15,18,21H,2-4,6-7,9,11-12,14H2,1H3. The van der Waals surface area contributed by atoms with E-state index in [1.54, 1.807) is 25.1 Å². The number of hydrogen-bond donors (Lipinski definition) is 1. The maximum atomic E-state index is 12.7. The van der Waals surface area contributed by atoms with Crippen molar-refractivity contribution in [2.45, 2.75) is 51.5 Å². The van der Waals surface area contributed by atoms with E-state index in [4.69, 9.17) is 4.74 Å². The number of esters is 1. The normalized spacial score (nSPS) is 22.8. The van der Waals surface area contributed by atoms with Gasteiger partial charge in [0.2, 0.25) is 5.91 Å². The minimum Gasteiger partial charge on any atom is -0.462 e. The van der Waals surface area contributed by atoms with Crippen LogP contribution in [0, 0.1) is 5.92 Å². The number of rotatable bonds is 5. The van der Waals surface area contributed by atoms with Crippen LogP contribution in [0.1, 0.15) is 55.8 Å². The van der Waals surface area contributed by atoms with Crippen molar-refractivity contribution < 1.29 is 14.3 Å². The van der Waals surface area contributed by atoms with Crippen LogP contribution in [0.4, 0.5) is 5.69 Å². The summed E-state index contributed by atoms with van der Waals surface area (Å²) in [6.07, 6.45) is 7.34. The molecule has 2 unspecified atom stereocenters. The van der Waals surface area contributed by atoms with Gasteiger partial charge in [0, 0.05) is 18.3 Å². The molecule has 1 aromatic rings. The van der Waals surface area contributed by atoms with Crippen molar-refractivity contribution in [2.24, 2.45) is 5.92 Å². The molecule has 1 aliphatic heterocycles. The molecule has 0 bridgehead atoms. The largest absolute Gasteiger partial charge is 0.462 e. The highest BCUT2D eigenvalue weighted by Crippen LogP contribution is 2.35. The summed E-state index contributed by atoms with van der Waals surface area (Å²) >= 11 is 0. The lowest BCUT2D eigenvalue weighted by Gasteiger charge is -2.44. The Morgan fingerprint density at radius 1 is 1.20 bits per heavy atom. The van der Waals surface area contributed by atoms with E-state index in [0.717, 1.165) is 25.1 Å². The fourth-order valence-electron chi connectivity index (χ4n) is 4.18. The number of piperidine rings is 1. The average molecular weight is 344 g/mol. The first kappa shape index (κ1) is 17.8. The molecular weight excluding hydrogens is 316 g/mol. The number of carbonyl (C=O) groups excluding carboxylic acids is 2. The molecule has 5 nitrogen and oxygen atoms in total. The van der Waals surface area contributed by atoms with Gasteiger partial charge < -0.3 is 15.0 Å². The molecule has 2 atom stereocenters. The minimum atomic E-state index is -0.335. The number of anilines is 1. The molecule has 1 N–H and O–H groups in total. The number of carbonyl (C=O) groups is 2. The molecule has 0 spiro atoms. The molecule has 1 aliphatic carbocycles. The first-order valence-corrected chi connectivity index (χ1v) is 9.49. The van der Waals surface area contributed by atoms with Gasteiger partial charge in [-0.15, -0.1) is 0 Å². The number of ether oxygens (including phenoxy) is 1. The lowest BCUT2D eigenvalue weighted by molar-refractivity contribution is -0.135. The first-order chi connectivity index (χ1) is 12.2. The molecule has 2 fully saturated rings. The van der Waals surface area contributed by atoms with Crippen LogP contribution in [0.2, 0.25) is 0 Å². The molecule has 0 aromatic heterocycles. The number of likely N-dealkylation sites (tertiary alicyclic amines) is 1. The van der Waals surface area contributed by atoms with E-state index in [1.807, 2.05) is 6.07 Å². The number of nitrogens with one attached hydrogen (secondary N) is 1. The Kier molecular flexibility index (Phi) is 5.95. The van der Waals surface area contributed by atoms with E-state index in [-0.39, 0.29) is 18.4 Å². The maximum Gasteiger partial charge on any atom is 0.338 e. The summed E-state index contributed by atoms with van der Waals surface area (Å²) in [4.78, 5) is 26.6. The highest BCUT2D eigenvalue weighted by atomic mass is 16.5. The second-order valence-corrected chi connectivity index (χ2v) is 7.00. The van der Waals surface area contributed by atoms with Crippen LogP contribution >= 0.6 is 0 Å². The van der Waals surface area contributed by atoms with Crippen LogP contribution < -0.4 is 5.32 Å². The van der Waals surface area contributed by atoms with E-state index in [1.165, 1.54) is 25.7 Å². The summed E-state index contributed by atoms with van der Waals surface area (Å²) in [6.45, 7) is 3.29. The molecule has 3 rings (SSSR count). The smallest absolute Gasteiger partial charge is 0.338 e. The zero-order valence-electron chi connectivity index (χ0n) is 15.0. The Morgan fingerprint density at radius 2 is 2.00 bits per heavy atom. The van der Waals surface area contributed by atoms with Crippen LogP contribution in [0.25, 0.3) is 0 Å². The molecule has 1 aromatic carbocycles. The molecule has 0 radical (unpaired) electrons. The van der Waals surface area contributed by atoms with Gasteiger partial charge >= 0.3 is 5.97 Å². The molecule has 1 amide bonds. The van der Waals surface area contributed by atoms with Crippen molar-refractivity contribution in [1.29, 1.82) is 0 Å². The quantitative estimate of drug-likeness (QED) is 0.831. The van der Waals surface area contributed by atoms with E-state index in [0.29, 0.717) is 24.1 Å².